The highest BCUT2D eigenvalue weighted by atomic mass is 16.3. The summed E-state index contributed by atoms with van der Waals surface area (Å²) in [4.78, 5) is 10.1. The topological polar surface area (TPSA) is 37.3 Å². The molecule has 1 atom stereocenters. The summed E-state index contributed by atoms with van der Waals surface area (Å²) in [5, 5.41) is 9.99. The summed E-state index contributed by atoms with van der Waals surface area (Å²) in [6, 6.07) is 0. The fourth-order valence-corrected chi connectivity index (χ4v) is 2.48. The SMILES string of the molecule is O=CCCCC/C=C\C=C\C(O)C1CCCCC1. The third-order valence-electron chi connectivity index (χ3n) is 3.63. The van der Waals surface area contributed by atoms with E-state index in [-0.39, 0.29) is 6.10 Å². The van der Waals surface area contributed by atoms with Crippen molar-refractivity contribution >= 4 is 6.29 Å². The van der Waals surface area contributed by atoms with E-state index in [1.165, 1.54) is 32.1 Å². The maximum absolute atomic E-state index is 10.1. The molecule has 0 heterocycles. The molecule has 0 spiro atoms. The van der Waals surface area contributed by atoms with Gasteiger partial charge in [-0.25, -0.2) is 0 Å². The Morgan fingerprint density at radius 2 is 1.78 bits per heavy atom. The Morgan fingerprint density at radius 1 is 1.06 bits per heavy atom. The maximum atomic E-state index is 10.1. The molecule has 1 fully saturated rings. The summed E-state index contributed by atoms with van der Waals surface area (Å²) in [6.45, 7) is 0. The van der Waals surface area contributed by atoms with Crippen LogP contribution in [0, 0.1) is 5.92 Å². The first-order chi connectivity index (χ1) is 8.84. The minimum atomic E-state index is -0.273. The van der Waals surface area contributed by atoms with Crippen molar-refractivity contribution in [2.24, 2.45) is 5.92 Å². The van der Waals surface area contributed by atoms with Gasteiger partial charge in [0.05, 0.1) is 6.10 Å². The molecule has 2 heteroatoms. The minimum absolute atomic E-state index is 0.273. The van der Waals surface area contributed by atoms with Crippen molar-refractivity contribution in [1.82, 2.24) is 0 Å². The molecule has 0 aliphatic heterocycles. The highest BCUT2D eigenvalue weighted by Gasteiger charge is 2.18. The van der Waals surface area contributed by atoms with E-state index in [1.54, 1.807) is 0 Å². The maximum Gasteiger partial charge on any atom is 0.119 e. The average molecular weight is 250 g/mol. The zero-order valence-corrected chi connectivity index (χ0v) is 11.3. The molecule has 102 valence electrons. The van der Waals surface area contributed by atoms with Gasteiger partial charge in [0.1, 0.15) is 6.29 Å². The van der Waals surface area contributed by atoms with Crippen molar-refractivity contribution in [1.29, 1.82) is 0 Å². The van der Waals surface area contributed by atoms with E-state index >= 15 is 0 Å². The third kappa shape index (κ3) is 6.75. The van der Waals surface area contributed by atoms with E-state index < -0.39 is 0 Å². The van der Waals surface area contributed by atoms with E-state index in [2.05, 4.69) is 6.08 Å². The highest BCUT2D eigenvalue weighted by molar-refractivity contribution is 5.48. The highest BCUT2D eigenvalue weighted by Crippen LogP contribution is 2.26. The molecular formula is C16H26O2. The van der Waals surface area contributed by atoms with Crippen LogP contribution >= 0.6 is 0 Å². The number of hydrogen-bond acceptors (Lipinski definition) is 2. The van der Waals surface area contributed by atoms with Gasteiger partial charge in [0, 0.05) is 6.42 Å². The molecule has 1 saturated carbocycles. The van der Waals surface area contributed by atoms with Gasteiger partial charge >= 0.3 is 0 Å². The van der Waals surface area contributed by atoms with Crippen LogP contribution < -0.4 is 0 Å². The Hall–Kier alpha value is -0.890. The van der Waals surface area contributed by atoms with Crippen LogP contribution in [0.3, 0.4) is 0 Å². The molecule has 1 aliphatic carbocycles. The molecule has 0 aromatic rings. The summed E-state index contributed by atoms with van der Waals surface area (Å²) >= 11 is 0. The molecule has 1 rings (SSSR count). The van der Waals surface area contributed by atoms with Crippen molar-refractivity contribution in [3.63, 3.8) is 0 Å². The molecule has 0 amide bonds. The van der Waals surface area contributed by atoms with Crippen molar-refractivity contribution in [3.05, 3.63) is 24.3 Å². The summed E-state index contributed by atoms with van der Waals surface area (Å²) in [5.74, 6) is 0.469. The molecular weight excluding hydrogens is 224 g/mol. The first-order valence-corrected chi connectivity index (χ1v) is 7.29. The fraction of sp³-hybridized carbons (Fsp3) is 0.688. The predicted octanol–water partition coefficient (Wildman–Crippen LogP) is 3.80. The largest absolute Gasteiger partial charge is 0.389 e. The lowest BCUT2D eigenvalue weighted by molar-refractivity contribution is -0.107. The lowest BCUT2D eigenvalue weighted by Crippen LogP contribution is -2.20. The van der Waals surface area contributed by atoms with E-state index in [4.69, 9.17) is 0 Å². The van der Waals surface area contributed by atoms with Crippen LogP contribution in [0.2, 0.25) is 0 Å². The zero-order valence-electron chi connectivity index (χ0n) is 11.3. The number of aliphatic hydroxyl groups is 1. The molecule has 1 unspecified atom stereocenters. The Morgan fingerprint density at radius 3 is 2.50 bits per heavy atom. The summed E-state index contributed by atoms with van der Waals surface area (Å²) in [6.07, 6.45) is 18.6. The van der Waals surface area contributed by atoms with Crippen molar-refractivity contribution in [2.75, 3.05) is 0 Å². The van der Waals surface area contributed by atoms with Crippen LogP contribution in [0.25, 0.3) is 0 Å². The van der Waals surface area contributed by atoms with E-state index in [1.807, 2.05) is 18.2 Å². The van der Waals surface area contributed by atoms with Crippen molar-refractivity contribution in [3.8, 4) is 0 Å². The van der Waals surface area contributed by atoms with Crippen LogP contribution in [0.1, 0.15) is 57.8 Å². The van der Waals surface area contributed by atoms with E-state index in [0.717, 1.165) is 25.5 Å². The number of carbonyl (C=O) groups excluding carboxylic acids is 1. The second-order valence-electron chi connectivity index (χ2n) is 5.15. The second-order valence-corrected chi connectivity index (χ2v) is 5.15. The number of allylic oxidation sites excluding steroid dienone is 3. The van der Waals surface area contributed by atoms with Gasteiger partial charge in [-0.1, -0.05) is 43.6 Å². The number of unbranched alkanes of at least 4 members (excludes halogenated alkanes) is 3. The molecule has 0 bridgehead atoms. The third-order valence-corrected chi connectivity index (χ3v) is 3.63. The smallest absolute Gasteiger partial charge is 0.119 e. The standard InChI is InChI=1S/C16H26O2/c17-14-10-5-3-1-2-4-9-13-16(18)15-11-7-6-8-12-15/h2,4,9,13-16,18H,1,3,5-8,10-12H2/b4-2-,13-9+. The molecule has 1 aliphatic rings. The van der Waals surface area contributed by atoms with Crippen LogP contribution in [-0.2, 0) is 4.79 Å². The van der Waals surface area contributed by atoms with Crippen LogP contribution in [-0.4, -0.2) is 17.5 Å². The Bertz CT molecular complexity index is 262. The lowest BCUT2D eigenvalue weighted by Gasteiger charge is -2.24. The minimum Gasteiger partial charge on any atom is -0.389 e. The summed E-state index contributed by atoms with van der Waals surface area (Å²) in [7, 11) is 0. The lowest BCUT2D eigenvalue weighted by atomic mass is 9.85. The first-order valence-electron chi connectivity index (χ1n) is 7.29. The first kappa shape index (κ1) is 15.2. The second kappa shape index (κ2) is 10.1. The average Bonchev–Trinajstić information content (AvgIpc) is 2.42. The molecule has 0 aromatic heterocycles. The molecule has 0 saturated heterocycles. The van der Waals surface area contributed by atoms with Gasteiger partial charge in [0.15, 0.2) is 0 Å². The van der Waals surface area contributed by atoms with Crippen molar-refractivity contribution < 1.29 is 9.90 Å². The fourth-order valence-electron chi connectivity index (χ4n) is 2.48. The number of rotatable bonds is 8. The number of aliphatic hydroxyl groups excluding tert-OH is 1. The van der Waals surface area contributed by atoms with Gasteiger partial charge in [-0.2, -0.15) is 0 Å². The van der Waals surface area contributed by atoms with Crippen LogP contribution in [0.4, 0.5) is 0 Å². The quantitative estimate of drug-likeness (QED) is 0.404. The van der Waals surface area contributed by atoms with E-state index in [0.29, 0.717) is 12.3 Å². The van der Waals surface area contributed by atoms with E-state index in [9.17, 15) is 9.90 Å². The van der Waals surface area contributed by atoms with Gasteiger partial charge in [0.25, 0.3) is 0 Å². The molecule has 2 nitrogen and oxygen atoms in total. The molecule has 18 heavy (non-hydrogen) atoms. The van der Waals surface area contributed by atoms with Crippen molar-refractivity contribution in [2.45, 2.75) is 63.9 Å². The van der Waals surface area contributed by atoms with Gasteiger partial charge in [0.2, 0.25) is 0 Å². The molecule has 0 aromatic carbocycles. The normalized spacial score (nSPS) is 19.6. The summed E-state index contributed by atoms with van der Waals surface area (Å²) < 4.78 is 0. The summed E-state index contributed by atoms with van der Waals surface area (Å²) in [5.41, 5.74) is 0. The molecule has 0 radical (unpaired) electrons. The monoisotopic (exact) mass is 250 g/mol. The van der Waals surface area contributed by atoms with Crippen LogP contribution in [0.15, 0.2) is 24.3 Å². The number of aldehydes is 1. The molecule has 1 N–H and O–H groups in total. The Kier molecular flexibility index (Phi) is 8.49. The van der Waals surface area contributed by atoms with Gasteiger partial charge in [-0.15, -0.1) is 0 Å². The van der Waals surface area contributed by atoms with Gasteiger partial charge in [-0.05, 0) is 38.0 Å². The predicted molar refractivity (Wildman–Crippen MR) is 75.4 cm³/mol. The van der Waals surface area contributed by atoms with Gasteiger partial charge in [-0.3, -0.25) is 0 Å². The number of hydrogen-bond donors (Lipinski definition) is 1. The van der Waals surface area contributed by atoms with Gasteiger partial charge < -0.3 is 9.90 Å². The Balaban J connectivity index is 2.10. The van der Waals surface area contributed by atoms with Crippen LogP contribution in [0.5, 0.6) is 0 Å². The Labute approximate surface area is 111 Å². The zero-order chi connectivity index (χ0) is 13.1. The number of carbonyl (C=O) groups is 1.